The number of halogens is 1. The lowest BCUT2D eigenvalue weighted by Crippen LogP contribution is -2.43. The van der Waals surface area contributed by atoms with Gasteiger partial charge in [-0.05, 0) is 30.5 Å². The van der Waals surface area contributed by atoms with Gasteiger partial charge in [-0.15, -0.1) is 0 Å². The summed E-state index contributed by atoms with van der Waals surface area (Å²) in [5, 5.41) is 7.00. The fourth-order valence-electron chi connectivity index (χ4n) is 3.02. The van der Waals surface area contributed by atoms with E-state index in [1.54, 1.807) is 29.1 Å². The first kappa shape index (κ1) is 18.5. The zero-order valence-electron chi connectivity index (χ0n) is 14.4. The van der Waals surface area contributed by atoms with E-state index in [-0.39, 0.29) is 18.3 Å². The van der Waals surface area contributed by atoms with Gasteiger partial charge in [0.05, 0.1) is 18.7 Å². The second-order valence-electron chi connectivity index (χ2n) is 6.48. The van der Waals surface area contributed by atoms with Crippen molar-refractivity contribution in [3.63, 3.8) is 0 Å². The molecule has 1 fully saturated rings. The molecule has 2 aromatic rings. The van der Waals surface area contributed by atoms with Gasteiger partial charge in [0.25, 0.3) is 0 Å². The van der Waals surface area contributed by atoms with Crippen LogP contribution in [-0.2, 0) is 21.4 Å². The molecule has 1 aliphatic heterocycles. The van der Waals surface area contributed by atoms with Crippen LogP contribution < -0.4 is 5.32 Å². The maximum absolute atomic E-state index is 13.2. The average molecular weight is 380 g/mol. The molecule has 1 N–H and O–H groups in total. The average Bonchev–Trinajstić information content (AvgIpc) is 3.01. The minimum Gasteiger partial charge on any atom is -0.309 e. The van der Waals surface area contributed by atoms with Gasteiger partial charge in [0.15, 0.2) is 5.82 Å². The zero-order chi connectivity index (χ0) is 18.7. The normalized spacial score (nSPS) is 18.6. The SMILES string of the molecule is CS(=O)(=O)N1CCC[C@@H](C(=O)Nc2ccn(Cc3cccc(F)c3)n2)C1. The Morgan fingerprint density at radius 1 is 1.38 bits per heavy atom. The van der Waals surface area contributed by atoms with Crippen LogP contribution in [0.5, 0.6) is 0 Å². The summed E-state index contributed by atoms with van der Waals surface area (Å²) < 4.78 is 39.5. The van der Waals surface area contributed by atoms with Crippen LogP contribution in [0.3, 0.4) is 0 Å². The first-order valence-corrected chi connectivity index (χ1v) is 10.2. The summed E-state index contributed by atoms with van der Waals surface area (Å²) in [5.41, 5.74) is 0.766. The van der Waals surface area contributed by atoms with Gasteiger partial charge < -0.3 is 5.32 Å². The third-order valence-electron chi connectivity index (χ3n) is 4.35. The van der Waals surface area contributed by atoms with Crippen molar-refractivity contribution in [2.24, 2.45) is 5.92 Å². The van der Waals surface area contributed by atoms with Crippen molar-refractivity contribution < 1.29 is 17.6 Å². The van der Waals surface area contributed by atoms with Gasteiger partial charge >= 0.3 is 0 Å². The number of anilines is 1. The molecule has 0 bridgehead atoms. The standard InChI is InChI=1S/C17H21FN4O3S/c1-26(24,25)22-8-3-5-14(12-22)17(23)19-16-7-9-21(20-16)11-13-4-2-6-15(18)10-13/h2,4,6-7,9-10,14H,3,5,8,11-12H2,1H3,(H,19,20,23)/t14-/m1/s1. The zero-order valence-corrected chi connectivity index (χ0v) is 15.2. The molecule has 0 aliphatic carbocycles. The molecule has 0 saturated carbocycles. The molecule has 9 heteroatoms. The number of hydrogen-bond donors (Lipinski definition) is 1. The Kier molecular flexibility index (Phi) is 5.38. The predicted octanol–water partition coefficient (Wildman–Crippen LogP) is 1.68. The van der Waals surface area contributed by atoms with Crippen molar-refractivity contribution in [2.75, 3.05) is 24.7 Å². The Morgan fingerprint density at radius 2 is 2.19 bits per heavy atom. The summed E-state index contributed by atoms with van der Waals surface area (Å²) in [5.74, 6) is -0.556. The summed E-state index contributed by atoms with van der Waals surface area (Å²) in [6, 6.07) is 7.90. The van der Waals surface area contributed by atoms with Crippen LogP contribution in [0.2, 0.25) is 0 Å². The Balaban J connectivity index is 1.61. The molecular formula is C17H21FN4O3S. The predicted molar refractivity (Wildman–Crippen MR) is 95.5 cm³/mol. The second kappa shape index (κ2) is 7.55. The molecule has 1 amide bonds. The van der Waals surface area contributed by atoms with Crippen molar-refractivity contribution in [3.05, 3.63) is 47.9 Å². The molecular weight excluding hydrogens is 359 g/mol. The van der Waals surface area contributed by atoms with E-state index in [1.807, 2.05) is 0 Å². The smallest absolute Gasteiger partial charge is 0.230 e. The number of sulfonamides is 1. The molecule has 1 saturated heterocycles. The van der Waals surface area contributed by atoms with Crippen LogP contribution >= 0.6 is 0 Å². The van der Waals surface area contributed by atoms with E-state index in [0.29, 0.717) is 31.7 Å². The lowest BCUT2D eigenvalue weighted by Gasteiger charge is -2.29. The molecule has 2 heterocycles. The van der Waals surface area contributed by atoms with E-state index < -0.39 is 15.9 Å². The first-order chi connectivity index (χ1) is 12.3. The first-order valence-electron chi connectivity index (χ1n) is 8.35. The number of benzene rings is 1. The van der Waals surface area contributed by atoms with Crippen LogP contribution in [0.25, 0.3) is 0 Å². The molecule has 1 aromatic heterocycles. The molecule has 3 rings (SSSR count). The fourth-order valence-corrected chi connectivity index (χ4v) is 3.94. The van der Waals surface area contributed by atoms with Crippen molar-refractivity contribution in [1.82, 2.24) is 14.1 Å². The molecule has 0 unspecified atom stereocenters. The van der Waals surface area contributed by atoms with Crippen molar-refractivity contribution in [3.8, 4) is 0 Å². The number of carbonyl (C=O) groups excluding carboxylic acids is 1. The van der Waals surface area contributed by atoms with Gasteiger partial charge in [-0.25, -0.2) is 17.1 Å². The monoisotopic (exact) mass is 380 g/mol. The highest BCUT2D eigenvalue weighted by Crippen LogP contribution is 2.20. The van der Waals surface area contributed by atoms with Crippen molar-refractivity contribution in [2.45, 2.75) is 19.4 Å². The molecule has 1 atom stereocenters. The molecule has 1 aliphatic rings. The number of rotatable bonds is 5. The van der Waals surface area contributed by atoms with Gasteiger partial charge in [0.1, 0.15) is 5.82 Å². The summed E-state index contributed by atoms with van der Waals surface area (Å²) in [4.78, 5) is 12.4. The Hall–Kier alpha value is -2.26. The number of aromatic nitrogens is 2. The third kappa shape index (κ3) is 4.67. The molecule has 7 nitrogen and oxygen atoms in total. The van der Waals surface area contributed by atoms with Gasteiger partial charge in [-0.1, -0.05) is 12.1 Å². The van der Waals surface area contributed by atoms with Crippen LogP contribution in [0.1, 0.15) is 18.4 Å². The quantitative estimate of drug-likeness (QED) is 0.855. The summed E-state index contributed by atoms with van der Waals surface area (Å²) in [6.45, 7) is 1.03. The molecule has 140 valence electrons. The molecule has 0 radical (unpaired) electrons. The van der Waals surface area contributed by atoms with E-state index >= 15 is 0 Å². The number of nitrogens with one attached hydrogen (secondary N) is 1. The van der Waals surface area contributed by atoms with E-state index in [1.165, 1.54) is 16.4 Å². The number of amides is 1. The maximum atomic E-state index is 13.2. The summed E-state index contributed by atoms with van der Waals surface area (Å²) >= 11 is 0. The maximum Gasteiger partial charge on any atom is 0.230 e. The lowest BCUT2D eigenvalue weighted by molar-refractivity contribution is -0.120. The van der Waals surface area contributed by atoms with E-state index in [0.717, 1.165) is 11.8 Å². The van der Waals surface area contributed by atoms with E-state index in [4.69, 9.17) is 0 Å². The highest BCUT2D eigenvalue weighted by Gasteiger charge is 2.30. The second-order valence-corrected chi connectivity index (χ2v) is 8.46. The van der Waals surface area contributed by atoms with Crippen molar-refractivity contribution >= 4 is 21.7 Å². The lowest BCUT2D eigenvalue weighted by atomic mass is 9.99. The van der Waals surface area contributed by atoms with E-state index in [2.05, 4.69) is 10.4 Å². The molecule has 1 aromatic carbocycles. The number of nitrogens with zero attached hydrogens (tertiary/aromatic N) is 3. The summed E-state index contributed by atoms with van der Waals surface area (Å²) in [6.07, 6.45) is 4.15. The number of piperidine rings is 1. The number of carbonyl (C=O) groups is 1. The third-order valence-corrected chi connectivity index (χ3v) is 5.62. The fraction of sp³-hybridized carbons (Fsp3) is 0.412. The molecule has 26 heavy (non-hydrogen) atoms. The molecule has 0 spiro atoms. The number of hydrogen-bond acceptors (Lipinski definition) is 4. The summed E-state index contributed by atoms with van der Waals surface area (Å²) in [7, 11) is -3.30. The van der Waals surface area contributed by atoms with E-state index in [9.17, 15) is 17.6 Å². The largest absolute Gasteiger partial charge is 0.309 e. The Labute approximate surface area is 151 Å². The topological polar surface area (TPSA) is 84.3 Å². The van der Waals surface area contributed by atoms with Gasteiger partial charge in [0.2, 0.25) is 15.9 Å². The highest BCUT2D eigenvalue weighted by molar-refractivity contribution is 7.88. The Bertz CT molecular complexity index is 897. The van der Waals surface area contributed by atoms with Crippen LogP contribution in [-0.4, -0.2) is 47.8 Å². The highest BCUT2D eigenvalue weighted by atomic mass is 32.2. The van der Waals surface area contributed by atoms with Gasteiger partial charge in [-0.3, -0.25) is 9.48 Å². The van der Waals surface area contributed by atoms with Gasteiger partial charge in [-0.2, -0.15) is 5.10 Å². The Morgan fingerprint density at radius 3 is 2.92 bits per heavy atom. The van der Waals surface area contributed by atoms with Crippen LogP contribution in [0.15, 0.2) is 36.5 Å². The van der Waals surface area contributed by atoms with Crippen LogP contribution in [0.4, 0.5) is 10.2 Å². The minimum absolute atomic E-state index is 0.189. The minimum atomic E-state index is -3.30. The van der Waals surface area contributed by atoms with Gasteiger partial charge in [0, 0.05) is 25.4 Å². The van der Waals surface area contributed by atoms with Crippen LogP contribution in [0, 0.1) is 11.7 Å². The van der Waals surface area contributed by atoms with Crippen molar-refractivity contribution in [1.29, 1.82) is 0 Å².